The van der Waals surface area contributed by atoms with Gasteiger partial charge in [0, 0.05) is 22.2 Å². The number of carbonyl (C=O) groups excluding carboxylic acids is 1. The molecule has 6 heteroatoms. The molecule has 0 aliphatic heterocycles. The highest BCUT2D eigenvalue weighted by Crippen LogP contribution is 2.52. The monoisotopic (exact) mass is 436 g/mol. The lowest BCUT2D eigenvalue weighted by atomic mass is 10.1. The van der Waals surface area contributed by atoms with E-state index >= 15 is 0 Å². The third-order valence-corrected chi connectivity index (χ3v) is 4.74. The van der Waals surface area contributed by atoms with Gasteiger partial charge in [-0.1, -0.05) is 45.7 Å². The van der Waals surface area contributed by atoms with E-state index in [0.29, 0.717) is 46.6 Å². The van der Waals surface area contributed by atoms with Crippen LogP contribution in [0, 0.1) is 0 Å². The molecule has 0 fully saturated rings. The number of hydrogen-bond acceptors (Lipinski definition) is 5. The number of rotatable bonds is 12. The van der Waals surface area contributed by atoms with Crippen LogP contribution in [0.5, 0.6) is 23.0 Å². The van der Waals surface area contributed by atoms with Crippen molar-refractivity contribution in [2.24, 2.45) is 0 Å². The fourth-order valence-corrected chi connectivity index (χ4v) is 3.27. The van der Waals surface area contributed by atoms with Crippen LogP contribution in [0.25, 0.3) is 10.8 Å². The second-order valence-electron chi connectivity index (χ2n) is 7.25. The van der Waals surface area contributed by atoms with Gasteiger partial charge in [-0.25, -0.2) is 0 Å². The molecule has 5 nitrogen and oxygen atoms in total. The van der Waals surface area contributed by atoms with Gasteiger partial charge in [0.05, 0.1) is 19.3 Å². The molecule has 1 unspecified atom stereocenters. The maximum absolute atomic E-state index is 12.2. The van der Waals surface area contributed by atoms with Crippen LogP contribution in [-0.2, 0) is 4.79 Å². The first kappa shape index (κ1) is 24.1. The zero-order valence-corrected chi connectivity index (χ0v) is 19.4. The first-order valence-corrected chi connectivity index (χ1v) is 11.3. The van der Waals surface area contributed by atoms with Crippen LogP contribution < -0.4 is 18.9 Å². The van der Waals surface area contributed by atoms with Crippen LogP contribution in [0.3, 0.4) is 0 Å². The highest BCUT2D eigenvalue weighted by Gasteiger charge is 2.27. The summed E-state index contributed by atoms with van der Waals surface area (Å²) in [5.74, 6) is 1.43. The minimum atomic E-state index is -0.355. The SMILES string of the molecule is CCCOc1c(OCCC)c(OC(C)CCC)c2ccc(Cl)cc2c1OC(=O)CC. The molecule has 0 heterocycles. The molecule has 0 N–H and O–H groups in total. The summed E-state index contributed by atoms with van der Waals surface area (Å²) in [6.07, 6.45) is 3.75. The molecule has 1 atom stereocenters. The van der Waals surface area contributed by atoms with E-state index in [1.807, 2.05) is 26.8 Å². The molecule has 0 aliphatic rings. The Labute approximate surface area is 184 Å². The van der Waals surface area contributed by atoms with Gasteiger partial charge < -0.3 is 18.9 Å². The van der Waals surface area contributed by atoms with Gasteiger partial charge in [0.2, 0.25) is 11.5 Å². The smallest absolute Gasteiger partial charge is 0.311 e. The minimum absolute atomic E-state index is 0.0130. The lowest BCUT2D eigenvalue weighted by molar-refractivity contribution is -0.134. The van der Waals surface area contributed by atoms with Gasteiger partial charge in [-0.05, 0) is 44.4 Å². The van der Waals surface area contributed by atoms with Crippen molar-refractivity contribution >= 4 is 28.3 Å². The van der Waals surface area contributed by atoms with Gasteiger partial charge in [-0.3, -0.25) is 4.79 Å². The highest BCUT2D eigenvalue weighted by molar-refractivity contribution is 6.31. The second-order valence-corrected chi connectivity index (χ2v) is 7.68. The maximum atomic E-state index is 12.2. The number of ether oxygens (including phenoxy) is 4. The average molecular weight is 437 g/mol. The number of halogens is 1. The van der Waals surface area contributed by atoms with Gasteiger partial charge in [0.25, 0.3) is 0 Å². The lowest BCUT2D eigenvalue weighted by Gasteiger charge is -2.24. The molecule has 166 valence electrons. The Kier molecular flexibility index (Phi) is 9.57. The van der Waals surface area contributed by atoms with Gasteiger partial charge in [0.15, 0.2) is 11.5 Å². The molecule has 0 saturated carbocycles. The Balaban J connectivity index is 2.81. The Bertz CT molecular complexity index is 849. The molecule has 0 aromatic heterocycles. The van der Waals surface area contributed by atoms with Gasteiger partial charge in [0.1, 0.15) is 0 Å². The largest absolute Gasteiger partial charge is 0.486 e. The minimum Gasteiger partial charge on any atom is -0.486 e. The quantitative estimate of drug-likeness (QED) is 0.266. The van der Waals surface area contributed by atoms with Crippen molar-refractivity contribution in [3.63, 3.8) is 0 Å². The molecular formula is C24H33ClO5. The van der Waals surface area contributed by atoms with Crippen molar-refractivity contribution < 1.29 is 23.7 Å². The number of esters is 1. The summed E-state index contributed by atoms with van der Waals surface area (Å²) in [6.45, 7) is 10.9. The van der Waals surface area contributed by atoms with Gasteiger partial charge in [-0.15, -0.1) is 0 Å². The Hall–Kier alpha value is -2.14. The molecule has 0 saturated heterocycles. The molecule has 0 radical (unpaired) electrons. The average Bonchev–Trinajstić information content (AvgIpc) is 2.73. The maximum Gasteiger partial charge on any atom is 0.311 e. The van der Waals surface area contributed by atoms with Crippen molar-refractivity contribution in [2.45, 2.75) is 72.8 Å². The van der Waals surface area contributed by atoms with Gasteiger partial charge >= 0.3 is 5.97 Å². The van der Waals surface area contributed by atoms with E-state index < -0.39 is 0 Å². The topological polar surface area (TPSA) is 54.0 Å². The van der Waals surface area contributed by atoms with Crippen LogP contribution >= 0.6 is 11.6 Å². The number of benzene rings is 2. The summed E-state index contributed by atoms with van der Waals surface area (Å²) < 4.78 is 24.3. The first-order valence-electron chi connectivity index (χ1n) is 10.9. The Morgan fingerprint density at radius 3 is 2.10 bits per heavy atom. The number of fused-ring (bicyclic) bond motifs is 1. The summed E-state index contributed by atoms with van der Waals surface area (Å²) in [5.41, 5.74) is 0. The molecule has 2 rings (SSSR count). The van der Waals surface area contributed by atoms with Crippen molar-refractivity contribution in [3.8, 4) is 23.0 Å². The summed E-state index contributed by atoms with van der Waals surface area (Å²) in [6, 6.07) is 5.44. The second kappa shape index (κ2) is 11.9. The van der Waals surface area contributed by atoms with Gasteiger partial charge in [-0.2, -0.15) is 0 Å². The molecule has 30 heavy (non-hydrogen) atoms. The van der Waals surface area contributed by atoms with E-state index in [1.54, 1.807) is 19.1 Å². The van der Waals surface area contributed by atoms with E-state index in [9.17, 15) is 4.79 Å². The van der Waals surface area contributed by atoms with Crippen molar-refractivity contribution in [1.82, 2.24) is 0 Å². The number of hydrogen-bond donors (Lipinski definition) is 0. The molecule has 2 aromatic carbocycles. The van der Waals surface area contributed by atoms with Crippen LogP contribution in [-0.4, -0.2) is 25.3 Å². The highest BCUT2D eigenvalue weighted by atomic mass is 35.5. The molecule has 0 amide bonds. The Morgan fingerprint density at radius 2 is 1.53 bits per heavy atom. The zero-order valence-electron chi connectivity index (χ0n) is 18.7. The fourth-order valence-electron chi connectivity index (χ4n) is 3.09. The van der Waals surface area contributed by atoms with Crippen LogP contribution in [0.1, 0.15) is 66.7 Å². The zero-order chi connectivity index (χ0) is 22.1. The number of carbonyl (C=O) groups is 1. The normalized spacial score (nSPS) is 11.9. The molecule has 0 bridgehead atoms. The molecule has 0 aliphatic carbocycles. The van der Waals surface area contributed by atoms with E-state index in [0.717, 1.165) is 31.1 Å². The summed E-state index contributed by atoms with van der Waals surface area (Å²) >= 11 is 6.30. The van der Waals surface area contributed by atoms with E-state index in [-0.39, 0.29) is 18.5 Å². The molecular weight excluding hydrogens is 404 g/mol. The Morgan fingerprint density at radius 1 is 0.900 bits per heavy atom. The summed E-state index contributed by atoms with van der Waals surface area (Å²) in [5, 5.41) is 1.97. The predicted octanol–water partition coefficient (Wildman–Crippen LogP) is 6.95. The summed E-state index contributed by atoms with van der Waals surface area (Å²) in [7, 11) is 0. The van der Waals surface area contributed by atoms with Crippen LogP contribution in [0.2, 0.25) is 5.02 Å². The molecule has 0 spiro atoms. The first-order chi connectivity index (χ1) is 14.5. The van der Waals surface area contributed by atoms with Crippen molar-refractivity contribution in [2.75, 3.05) is 13.2 Å². The lowest BCUT2D eigenvalue weighted by Crippen LogP contribution is -2.15. The van der Waals surface area contributed by atoms with E-state index in [4.69, 9.17) is 30.5 Å². The molecule has 2 aromatic rings. The summed E-state index contributed by atoms with van der Waals surface area (Å²) in [4.78, 5) is 12.2. The predicted molar refractivity (Wildman–Crippen MR) is 121 cm³/mol. The standard InChI is InChI=1S/C24H33ClO5/c1-6-10-16(5)29-21-18-12-11-17(25)15-19(18)22(30-20(26)9-4)24(28-14-8-3)23(21)27-13-7-2/h11-12,15-16H,6-10,13-14H2,1-5H3. The van der Waals surface area contributed by atoms with E-state index in [1.165, 1.54) is 0 Å². The third-order valence-electron chi connectivity index (χ3n) is 4.51. The van der Waals surface area contributed by atoms with Crippen LogP contribution in [0.4, 0.5) is 0 Å². The van der Waals surface area contributed by atoms with Crippen molar-refractivity contribution in [1.29, 1.82) is 0 Å². The fraction of sp³-hybridized carbons (Fsp3) is 0.542. The third kappa shape index (κ3) is 5.94. The van der Waals surface area contributed by atoms with Crippen LogP contribution in [0.15, 0.2) is 18.2 Å². The van der Waals surface area contributed by atoms with Crippen molar-refractivity contribution in [3.05, 3.63) is 23.2 Å². The van der Waals surface area contributed by atoms with E-state index in [2.05, 4.69) is 6.92 Å².